The molecule has 114 valence electrons. The fraction of sp³-hybridized carbons (Fsp3) is 0.133. The third-order valence-corrected chi connectivity index (χ3v) is 3.16. The first-order valence-electron chi connectivity index (χ1n) is 6.35. The van der Waals surface area contributed by atoms with E-state index in [1.54, 1.807) is 6.07 Å². The van der Waals surface area contributed by atoms with Gasteiger partial charge in [0.2, 0.25) is 0 Å². The Morgan fingerprint density at radius 2 is 1.91 bits per heavy atom. The van der Waals surface area contributed by atoms with Crippen LogP contribution in [0.3, 0.4) is 0 Å². The highest BCUT2D eigenvalue weighted by atomic mass is 35.5. The molecule has 0 saturated carbocycles. The fourth-order valence-corrected chi connectivity index (χ4v) is 1.92. The van der Waals surface area contributed by atoms with Crippen LogP contribution in [0.15, 0.2) is 42.6 Å². The third kappa shape index (κ3) is 4.26. The zero-order chi connectivity index (χ0) is 16.1. The molecule has 0 aliphatic rings. The molecule has 0 bridgehead atoms. The number of aromatic nitrogens is 1. The molecular weight excluding hydrogens is 311 g/mol. The zero-order valence-electron chi connectivity index (χ0n) is 11.3. The second-order valence-corrected chi connectivity index (χ2v) is 4.95. The van der Waals surface area contributed by atoms with Gasteiger partial charge < -0.3 is 10.4 Å². The van der Waals surface area contributed by atoms with E-state index in [2.05, 4.69) is 10.3 Å². The molecule has 1 heterocycles. The van der Waals surface area contributed by atoms with Crippen LogP contribution in [0.1, 0.15) is 15.9 Å². The van der Waals surface area contributed by atoms with Crippen molar-refractivity contribution >= 4 is 23.5 Å². The largest absolute Gasteiger partial charge is 0.480 e. The minimum absolute atomic E-state index is 0.0619. The number of pyridine rings is 1. The number of hydrogen-bond donors (Lipinski definition) is 2. The van der Waals surface area contributed by atoms with Gasteiger partial charge in [-0.1, -0.05) is 17.7 Å². The van der Waals surface area contributed by atoms with Crippen LogP contribution >= 0.6 is 11.6 Å². The van der Waals surface area contributed by atoms with Crippen molar-refractivity contribution in [2.75, 3.05) is 0 Å². The summed E-state index contributed by atoms with van der Waals surface area (Å²) in [6.07, 6.45) is 1.51. The summed E-state index contributed by atoms with van der Waals surface area (Å²) in [7, 11) is 0. The molecule has 0 radical (unpaired) electrons. The highest BCUT2D eigenvalue weighted by Crippen LogP contribution is 2.09. The monoisotopic (exact) mass is 322 g/mol. The quantitative estimate of drug-likeness (QED) is 0.828. The van der Waals surface area contributed by atoms with E-state index in [1.807, 2.05) is 0 Å². The zero-order valence-corrected chi connectivity index (χ0v) is 12.0. The molecule has 5 nitrogen and oxygen atoms in total. The average Bonchev–Trinajstić information content (AvgIpc) is 2.49. The van der Waals surface area contributed by atoms with Gasteiger partial charge in [0.05, 0.1) is 0 Å². The lowest BCUT2D eigenvalue weighted by Gasteiger charge is -2.14. The van der Waals surface area contributed by atoms with Gasteiger partial charge in [0.25, 0.3) is 5.91 Å². The molecule has 1 atom stereocenters. The molecule has 1 amide bonds. The second kappa shape index (κ2) is 7.00. The lowest BCUT2D eigenvalue weighted by Crippen LogP contribution is -2.42. The van der Waals surface area contributed by atoms with E-state index < -0.39 is 23.7 Å². The SMILES string of the molecule is O=C(N[C@H](Cc1ccc(Cl)nc1)C(=O)O)c1ccc(F)cc1. The van der Waals surface area contributed by atoms with E-state index in [0.717, 1.165) is 12.1 Å². The van der Waals surface area contributed by atoms with E-state index in [4.69, 9.17) is 11.6 Å². The molecule has 0 fully saturated rings. The van der Waals surface area contributed by atoms with Crippen LogP contribution < -0.4 is 5.32 Å². The normalized spacial score (nSPS) is 11.7. The van der Waals surface area contributed by atoms with Gasteiger partial charge in [-0.25, -0.2) is 14.2 Å². The molecule has 22 heavy (non-hydrogen) atoms. The van der Waals surface area contributed by atoms with Crippen molar-refractivity contribution in [1.82, 2.24) is 10.3 Å². The van der Waals surface area contributed by atoms with Gasteiger partial charge in [0.1, 0.15) is 17.0 Å². The lowest BCUT2D eigenvalue weighted by molar-refractivity contribution is -0.139. The van der Waals surface area contributed by atoms with E-state index in [1.165, 1.54) is 24.4 Å². The predicted octanol–water partition coefficient (Wildman–Crippen LogP) is 2.30. The lowest BCUT2D eigenvalue weighted by atomic mass is 10.1. The predicted molar refractivity (Wildman–Crippen MR) is 78.2 cm³/mol. The number of nitrogens with one attached hydrogen (secondary N) is 1. The van der Waals surface area contributed by atoms with E-state index in [9.17, 15) is 19.1 Å². The summed E-state index contributed by atoms with van der Waals surface area (Å²) in [5, 5.41) is 11.9. The van der Waals surface area contributed by atoms with Crippen LogP contribution in [-0.4, -0.2) is 28.0 Å². The number of aliphatic carboxylic acids is 1. The van der Waals surface area contributed by atoms with Gasteiger partial charge in [0, 0.05) is 18.2 Å². The second-order valence-electron chi connectivity index (χ2n) is 4.56. The van der Waals surface area contributed by atoms with Crippen molar-refractivity contribution in [1.29, 1.82) is 0 Å². The Bertz CT molecular complexity index is 674. The van der Waals surface area contributed by atoms with Crippen LogP contribution in [0.2, 0.25) is 5.15 Å². The van der Waals surface area contributed by atoms with Crippen LogP contribution in [-0.2, 0) is 11.2 Å². The van der Waals surface area contributed by atoms with Gasteiger partial charge in [-0.3, -0.25) is 4.79 Å². The molecule has 0 spiro atoms. The molecule has 0 saturated heterocycles. The van der Waals surface area contributed by atoms with Gasteiger partial charge in [0.15, 0.2) is 0 Å². The first-order valence-corrected chi connectivity index (χ1v) is 6.73. The van der Waals surface area contributed by atoms with Crippen molar-refractivity contribution in [3.05, 3.63) is 64.7 Å². The molecule has 2 N–H and O–H groups in total. The summed E-state index contributed by atoms with van der Waals surface area (Å²) in [6.45, 7) is 0. The number of carboxylic acids is 1. The average molecular weight is 323 g/mol. The molecule has 7 heteroatoms. The standard InChI is InChI=1S/C15H12ClFN2O3/c16-13-6-1-9(8-18-13)7-12(15(21)22)19-14(20)10-2-4-11(17)5-3-10/h1-6,8,12H,7H2,(H,19,20)(H,21,22)/t12-/m1/s1. The fourth-order valence-electron chi connectivity index (χ4n) is 1.81. The van der Waals surface area contributed by atoms with Gasteiger partial charge in [-0.2, -0.15) is 0 Å². The Balaban J connectivity index is 2.08. The number of carbonyl (C=O) groups excluding carboxylic acids is 1. The van der Waals surface area contributed by atoms with Gasteiger partial charge in [-0.05, 0) is 35.9 Å². The Kier molecular flexibility index (Phi) is 5.06. The summed E-state index contributed by atoms with van der Waals surface area (Å²) in [5.41, 5.74) is 0.804. The summed E-state index contributed by atoms with van der Waals surface area (Å²) >= 11 is 5.66. The van der Waals surface area contributed by atoms with Crippen LogP contribution in [0.5, 0.6) is 0 Å². The highest BCUT2D eigenvalue weighted by Gasteiger charge is 2.21. The summed E-state index contributed by atoms with van der Waals surface area (Å²) in [6, 6.07) is 6.88. The number of hydrogen-bond acceptors (Lipinski definition) is 3. The summed E-state index contributed by atoms with van der Waals surface area (Å²) in [4.78, 5) is 27.1. The first-order chi connectivity index (χ1) is 10.5. The van der Waals surface area contributed by atoms with Crippen LogP contribution in [0, 0.1) is 5.82 Å². The van der Waals surface area contributed by atoms with Crippen LogP contribution in [0.4, 0.5) is 4.39 Å². The summed E-state index contributed by atoms with van der Waals surface area (Å²) in [5.74, 6) is -2.24. The number of carbonyl (C=O) groups is 2. The first kappa shape index (κ1) is 15.9. The number of amides is 1. The van der Waals surface area contributed by atoms with Crippen molar-refractivity contribution in [2.24, 2.45) is 0 Å². The topological polar surface area (TPSA) is 79.3 Å². The third-order valence-electron chi connectivity index (χ3n) is 2.94. The van der Waals surface area contributed by atoms with Crippen LogP contribution in [0.25, 0.3) is 0 Å². The molecule has 1 aromatic heterocycles. The Morgan fingerprint density at radius 3 is 2.45 bits per heavy atom. The Hall–Kier alpha value is -2.47. The van der Waals surface area contributed by atoms with Gasteiger partial charge >= 0.3 is 5.97 Å². The Morgan fingerprint density at radius 1 is 1.23 bits per heavy atom. The number of nitrogens with zero attached hydrogens (tertiary/aromatic N) is 1. The Labute approximate surface area is 130 Å². The molecule has 2 aromatic rings. The molecule has 1 aromatic carbocycles. The number of carboxylic acid groups (broad SMARTS) is 1. The maximum absolute atomic E-state index is 12.8. The number of rotatable bonds is 5. The molecule has 0 aliphatic heterocycles. The molecule has 0 aliphatic carbocycles. The molecular formula is C15H12ClFN2O3. The minimum atomic E-state index is -1.18. The maximum Gasteiger partial charge on any atom is 0.326 e. The van der Waals surface area contributed by atoms with Gasteiger partial charge in [-0.15, -0.1) is 0 Å². The number of halogens is 2. The van der Waals surface area contributed by atoms with Crippen molar-refractivity contribution in [3.63, 3.8) is 0 Å². The van der Waals surface area contributed by atoms with Crippen molar-refractivity contribution in [2.45, 2.75) is 12.5 Å². The molecule has 2 rings (SSSR count). The maximum atomic E-state index is 12.8. The van der Waals surface area contributed by atoms with Crippen molar-refractivity contribution < 1.29 is 19.1 Å². The minimum Gasteiger partial charge on any atom is -0.480 e. The van der Waals surface area contributed by atoms with E-state index in [-0.39, 0.29) is 12.0 Å². The number of benzene rings is 1. The smallest absolute Gasteiger partial charge is 0.326 e. The highest BCUT2D eigenvalue weighted by molar-refractivity contribution is 6.29. The summed E-state index contributed by atoms with van der Waals surface area (Å²) < 4.78 is 12.8. The van der Waals surface area contributed by atoms with E-state index >= 15 is 0 Å². The van der Waals surface area contributed by atoms with Crippen molar-refractivity contribution in [3.8, 4) is 0 Å². The van der Waals surface area contributed by atoms with E-state index in [0.29, 0.717) is 10.7 Å². The molecule has 0 unspecified atom stereocenters.